The molecule has 2 aromatic rings. The monoisotopic (exact) mass is 512 g/mol. The zero-order valence-corrected chi connectivity index (χ0v) is 22.9. The van der Waals surface area contributed by atoms with Crippen LogP contribution in [0.2, 0.25) is 18.1 Å². The van der Waals surface area contributed by atoms with E-state index in [2.05, 4.69) is 33.9 Å². The number of carbonyl (C=O) groups is 1. The molecule has 1 aliphatic carbocycles. The standard InChI is InChI=1S/C28H36O7Si/c1-28(2,3)36(5,6)35-23-11-16(7-8-22(23)33-4)25-24-17(10-19-15-34-27(32)26(19)25)9-18(12-29)20(13-30)21(24)14-31/h7-9,11,25,29-31H,10,12-15H2,1-6H3. The number of aliphatic hydroxyl groups is 3. The summed E-state index contributed by atoms with van der Waals surface area (Å²) in [5.41, 5.74) is 5.57. The number of rotatable bonds is 7. The van der Waals surface area contributed by atoms with E-state index in [1.807, 2.05) is 24.3 Å². The summed E-state index contributed by atoms with van der Waals surface area (Å²) in [5.74, 6) is 0.342. The van der Waals surface area contributed by atoms with Gasteiger partial charge in [0, 0.05) is 5.92 Å². The van der Waals surface area contributed by atoms with E-state index in [1.165, 1.54) is 0 Å². The fourth-order valence-electron chi connectivity index (χ4n) is 4.96. The molecule has 1 heterocycles. The van der Waals surface area contributed by atoms with Crippen molar-refractivity contribution in [3.8, 4) is 11.5 Å². The first-order valence-electron chi connectivity index (χ1n) is 12.2. The van der Waals surface area contributed by atoms with Crippen LogP contribution >= 0.6 is 0 Å². The molecule has 2 aliphatic rings. The predicted molar refractivity (Wildman–Crippen MR) is 139 cm³/mol. The first-order chi connectivity index (χ1) is 17.0. The van der Waals surface area contributed by atoms with E-state index in [1.54, 1.807) is 7.11 Å². The summed E-state index contributed by atoms with van der Waals surface area (Å²) in [6, 6.07) is 7.55. The van der Waals surface area contributed by atoms with Crippen LogP contribution in [-0.4, -0.2) is 43.3 Å². The van der Waals surface area contributed by atoms with Crippen molar-refractivity contribution in [3.63, 3.8) is 0 Å². The Hall–Kier alpha value is -2.65. The number of ether oxygens (including phenoxy) is 2. The van der Waals surface area contributed by atoms with Crippen molar-refractivity contribution in [2.75, 3.05) is 13.7 Å². The van der Waals surface area contributed by atoms with Crippen LogP contribution in [0.1, 0.15) is 60.1 Å². The fourth-order valence-corrected chi connectivity index (χ4v) is 5.97. The summed E-state index contributed by atoms with van der Waals surface area (Å²) in [6.45, 7) is 10.1. The highest BCUT2D eigenvalue weighted by Crippen LogP contribution is 2.48. The summed E-state index contributed by atoms with van der Waals surface area (Å²) in [4.78, 5) is 13.0. The molecule has 8 heteroatoms. The number of fused-ring (bicyclic) bond motifs is 1. The lowest BCUT2D eigenvalue weighted by atomic mass is 9.72. The van der Waals surface area contributed by atoms with E-state index in [9.17, 15) is 20.1 Å². The van der Waals surface area contributed by atoms with Crippen LogP contribution in [0.5, 0.6) is 11.5 Å². The van der Waals surface area contributed by atoms with Crippen molar-refractivity contribution in [2.45, 2.75) is 71.1 Å². The van der Waals surface area contributed by atoms with Crippen LogP contribution in [0, 0.1) is 0 Å². The maximum Gasteiger partial charge on any atom is 0.335 e. The molecule has 0 spiro atoms. The van der Waals surface area contributed by atoms with Crippen molar-refractivity contribution in [3.05, 3.63) is 68.8 Å². The first-order valence-corrected chi connectivity index (χ1v) is 15.1. The Morgan fingerprint density at radius 3 is 2.31 bits per heavy atom. The SMILES string of the molecule is COc1ccc(C2C3=C(COC3=O)Cc3cc(CO)c(CO)c(CO)c32)cc1O[Si](C)(C)C(C)(C)C. The molecule has 0 radical (unpaired) electrons. The minimum Gasteiger partial charge on any atom is -0.541 e. The summed E-state index contributed by atoms with van der Waals surface area (Å²) in [5, 5.41) is 30.4. The van der Waals surface area contributed by atoms with Crippen LogP contribution in [0.3, 0.4) is 0 Å². The van der Waals surface area contributed by atoms with E-state index < -0.39 is 14.2 Å². The van der Waals surface area contributed by atoms with Crippen LogP contribution in [0.25, 0.3) is 0 Å². The van der Waals surface area contributed by atoms with Gasteiger partial charge in [0.1, 0.15) is 12.4 Å². The minimum absolute atomic E-state index is 0.0306. The molecule has 0 amide bonds. The molecule has 194 valence electrons. The highest BCUT2D eigenvalue weighted by atomic mass is 28.4. The molecule has 4 rings (SSSR count). The number of esters is 1. The summed E-state index contributed by atoms with van der Waals surface area (Å²) in [6.07, 6.45) is 0.488. The number of aliphatic hydroxyl groups excluding tert-OH is 3. The van der Waals surface area contributed by atoms with Crippen LogP contribution in [0.15, 0.2) is 35.4 Å². The molecule has 1 unspecified atom stereocenters. The topological polar surface area (TPSA) is 105 Å². The lowest BCUT2D eigenvalue weighted by molar-refractivity contribution is -0.136. The van der Waals surface area contributed by atoms with Gasteiger partial charge in [-0.15, -0.1) is 0 Å². The Morgan fingerprint density at radius 2 is 1.72 bits per heavy atom. The van der Waals surface area contributed by atoms with E-state index in [4.69, 9.17) is 13.9 Å². The summed E-state index contributed by atoms with van der Waals surface area (Å²) >= 11 is 0. The van der Waals surface area contributed by atoms with Crippen LogP contribution < -0.4 is 9.16 Å². The lowest BCUT2D eigenvalue weighted by Gasteiger charge is -2.37. The Balaban J connectivity index is 1.96. The quantitative estimate of drug-likeness (QED) is 0.379. The Labute approximate surface area is 213 Å². The van der Waals surface area contributed by atoms with Crippen molar-refractivity contribution in [1.29, 1.82) is 0 Å². The molecule has 1 atom stereocenters. The number of benzene rings is 2. The number of cyclic esters (lactones) is 1. The maximum absolute atomic E-state index is 13.0. The summed E-state index contributed by atoms with van der Waals surface area (Å²) < 4.78 is 17.7. The van der Waals surface area contributed by atoms with Gasteiger partial charge in [-0.3, -0.25) is 0 Å². The molecule has 0 saturated heterocycles. The van der Waals surface area contributed by atoms with E-state index in [0.717, 1.165) is 22.3 Å². The van der Waals surface area contributed by atoms with Gasteiger partial charge in [-0.05, 0) is 75.6 Å². The zero-order chi connectivity index (χ0) is 26.4. The predicted octanol–water partition coefficient (Wildman–Crippen LogP) is 4.10. The molecule has 2 aromatic carbocycles. The van der Waals surface area contributed by atoms with Gasteiger partial charge in [0.25, 0.3) is 8.32 Å². The van der Waals surface area contributed by atoms with Gasteiger partial charge in [0.2, 0.25) is 0 Å². The van der Waals surface area contributed by atoms with E-state index in [0.29, 0.717) is 40.2 Å². The molecule has 0 bridgehead atoms. The zero-order valence-electron chi connectivity index (χ0n) is 21.9. The first kappa shape index (κ1) is 26.4. The molecular weight excluding hydrogens is 476 g/mol. The molecule has 0 fully saturated rings. The maximum atomic E-state index is 13.0. The average Bonchev–Trinajstić information content (AvgIpc) is 3.20. The van der Waals surface area contributed by atoms with Crippen molar-refractivity contribution in [1.82, 2.24) is 0 Å². The third-order valence-electron chi connectivity index (χ3n) is 7.91. The fraction of sp³-hybridized carbons (Fsp3) is 0.464. The Morgan fingerprint density at radius 1 is 1.03 bits per heavy atom. The van der Waals surface area contributed by atoms with Gasteiger partial charge in [-0.25, -0.2) is 4.79 Å². The molecule has 1 aliphatic heterocycles. The minimum atomic E-state index is -2.21. The Bertz CT molecular complexity index is 1220. The highest BCUT2D eigenvalue weighted by molar-refractivity contribution is 6.74. The van der Waals surface area contributed by atoms with Crippen molar-refractivity contribution < 1.29 is 34.0 Å². The number of carbonyl (C=O) groups excluding carboxylic acids is 1. The molecule has 36 heavy (non-hydrogen) atoms. The number of hydrogen-bond acceptors (Lipinski definition) is 7. The van der Waals surface area contributed by atoms with Gasteiger partial charge in [0.05, 0.1) is 32.5 Å². The van der Waals surface area contributed by atoms with Gasteiger partial charge < -0.3 is 29.2 Å². The van der Waals surface area contributed by atoms with Gasteiger partial charge >= 0.3 is 5.97 Å². The average molecular weight is 513 g/mol. The number of hydrogen-bond donors (Lipinski definition) is 3. The third kappa shape index (κ3) is 4.36. The lowest BCUT2D eigenvalue weighted by Crippen LogP contribution is -2.44. The van der Waals surface area contributed by atoms with E-state index >= 15 is 0 Å². The van der Waals surface area contributed by atoms with Crippen molar-refractivity contribution in [2.24, 2.45) is 0 Å². The molecular formula is C28H36O7Si. The normalized spacial score (nSPS) is 17.6. The third-order valence-corrected chi connectivity index (χ3v) is 12.3. The number of methoxy groups -OCH3 is 1. The largest absolute Gasteiger partial charge is 0.541 e. The van der Waals surface area contributed by atoms with Gasteiger partial charge in [-0.1, -0.05) is 32.9 Å². The second-order valence-electron chi connectivity index (χ2n) is 11.0. The van der Waals surface area contributed by atoms with Crippen molar-refractivity contribution >= 4 is 14.3 Å². The second kappa shape index (κ2) is 9.66. The van der Waals surface area contributed by atoms with Gasteiger partial charge in [0.15, 0.2) is 5.75 Å². The molecule has 0 aromatic heterocycles. The Kier molecular flexibility index (Phi) is 7.09. The second-order valence-corrected chi connectivity index (χ2v) is 15.7. The van der Waals surface area contributed by atoms with E-state index in [-0.39, 0.29) is 37.4 Å². The van der Waals surface area contributed by atoms with Crippen LogP contribution in [-0.2, 0) is 35.8 Å². The molecule has 0 saturated carbocycles. The van der Waals surface area contributed by atoms with Gasteiger partial charge in [-0.2, -0.15) is 0 Å². The molecule has 3 N–H and O–H groups in total. The smallest absolute Gasteiger partial charge is 0.335 e. The molecule has 7 nitrogen and oxygen atoms in total. The summed E-state index contributed by atoms with van der Waals surface area (Å²) in [7, 11) is -0.603. The van der Waals surface area contributed by atoms with Crippen LogP contribution in [0.4, 0.5) is 0 Å². The highest BCUT2D eigenvalue weighted by Gasteiger charge is 2.42.